The van der Waals surface area contributed by atoms with Crippen molar-refractivity contribution in [1.29, 1.82) is 0 Å². The van der Waals surface area contributed by atoms with Crippen LogP contribution in [0.1, 0.15) is 28.7 Å². The van der Waals surface area contributed by atoms with Crippen LogP contribution in [0.25, 0.3) is 17.1 Å². The van der Waals surface area contributed by atoms with Crippen molar-refractivity contribution in [3.63, 3.8) is 0 Å². The Bertz CT molecular complexity index is 1200. The van der Waals surface area contributed by atoms with Gasteiger partial charge in [0.2, 0.25) is 5.82 Å². The number of hydrogen-bond acceptors (Lipinski definition) is 4. The molecule has 156 valence electrons. The molecule has 1 N–H and O–H groups in total. The second-order valence-electron chi connectivity index (χ2n) is 7.22. The first-order valence-corrected chi connectivity index (χ1v) is 10.2. The number of benzene rings is 3. The molecule has 0 atom stereocenters. The standard InChI is InChI=1S/C25H24N4O2/c1-4-31-22-14-12-21(13-15-22)29-24(19-8-6-5-7-9-19)27-23(28-29)25(30)26-20-11-10-17(2)18(3)16-20/h5-16H,4H2,1-3H3,(H,26,30). The van der Waals surface area contributed by atoms with Gasteiger partial charge in [0.05, 0.1) is 12.3 Å². The fourth-order valence-corrected chi connectivity index (χ4v) is 3.22. The van der Waals surface area contributed by atoms with Gasteiger partial charge in [-0.2, -0.15) is 0 Å². The molecular formula is C25H24N4O2. The summed E-state index contributed by atoms with van der Waals surface area (Å²) in [6.45, 7) is 6.59. The summed E-state index contributed by atoms with van der Waals surface area (Å²) in [6, 6.07) is 23.0. The molecule has 0 aliphatic carbocycles. The van der Waals surface area contributed by atoms with Gasteiger partial charge < -0.3 is 10.1 Å². The maximum absolute atomic E-state index is 12.9. The Kier molecular flexibility index (Phi) is 5.80. The molecule has 0 fully saturated rings. The average molecular weight is 412 g/mol. The SMILES string of the molecule is CCOc1ccc(-n2nc(C(=O)Nc3ccc(C)c(C)c3)nc2-c2ccccc2)cc1. The number of nitrogens with zero attached hydrogens (tertiary/aromatic N) is 3. The highest BCUT2D eigenvalue weighted by Gasteiger charge is 2.19. The Balaban J connectivity index is 1.70. The fraction of sp³-hybridized carbons (Fsp3) is 0.160. The summed E-state index contributed by atoms with van der Waals surface area (Å²) in [6.07, 6.45) is 0. The molecule has 0 saturated carbocycles. The molecule has 0 aliphatic heterocycles. The molecule has 6 nitrogen and oxygen atoms in total. The average Bonchev–Trinajstić information content (AvgIpc) is 3.23. The lowest BCUT2D eigenvalue weighted by Crippen LogP contribution is -2.14. The summed E-state index contributed by atoms with van der Waals surface area (Å²) in [5.41, 5.74) is 4.65. The van der Waals surface area contributed by atoms with Crippen molar-refractivity contribution in [2.24, 2.45) is 0 Å². The molecule has 0 unspecified atom stereocenters. The lowest BCUT2D eigenvalue weighted by molar-refractivity contribution is 0.101. The molecule has 6 heteroatoms. The number of aryl methyl sites for hydroxylation is 2. The van der Waals surface area contributed by atoms with Crippen molar-refractivity contribution in [2.45, 2.75) is 20.8 Å². The molecule has 0 spiro atoms. The second kappa shape index (κ2) is 8.83. The highest BCUT2D eigenvalue weighted by atomic mass is 16.5. The van der Waals surface area contributed by atoms with E-state index >= 15 is 0 Å². The number of amides is 1. The smallest absolute Gasteiger partial charge is 0.295 e. The first kappa shape index (κ1) is 20.3. The Labute approximate surface area is 181 Å². The molecular weight excluding hydrogens is 388 g/mol. The molecule has 0 saturated heterocycles. The van der Waals surface area contributed by atoms with Crippen LogP contribution in [-0.4, -0.2) is 27.3 Å². The van der Waals surface area contributed by atoms with E-state index in [1.54, 1.807) is 4.68 Å². The van der Waals surface area contributed by atoms with Crippen LogP contribution >= 0.6 is 0 Å². The Morgan fingerprint density at radius 1 is 0.968 bits per heavy atom. The van der Waals surface area contributed by atoms with Crippen LogP contribution in [0.3, 0.4) is 0 Å². The maximum Gasteiger partial charge on any atom is 0.295 e. The highest BCUT2D eigenvalue weighted by molar-refractivity contribution is 6.01. The summed E-state index contributed by atoms with van der Waals surface area (Å²) in [5.74, 6) is 1.12. The minimum atomic E-state index is -0.356. The monoisotopic (exact) mass is 412 g/mol. The number of rotatable bonds is 6. The number of carbonyl (C=O) groups is 1. The molecule has 0 aliphatic rings. The normalized spacial score (nSPS) is 10.7. The van der Waals surface area contributed by atoms with Gasteiger partial charge in [0.25, 0.3) is 5.91 Å². The van der Waals surface area contributed by atoms with E-state index < -0.39 is 0 Å². The summed E-state index contributed by atoms with van der Waals surface area (Å²) < 4.78 is 7.21. The van der Waals surface area contributed by atoms with Gasteiger partial charge in [-0.1, -0.05) is 36.4 Å². The minimum Gasteiger partial charge on any atom is -0.494 e. The summed E-state index contributed by atoms with van der Waals surface area (Å²) in [5, 5.41) is 7.42. The second-order valence-corrected chi connectivity index (χ2v) is 7.22. The molecule has 0 bridgehead atoms. The Hall–Kier alpha value is -3.93. The van der Waals surface area contributed by atoms with E-state index in [0.717, 1.165) is 22.6 Å². The van der Waals surface area contributed by atoms with Gasteiger partial charge in [-0.05, 0) is 68.3 Å². The third-order valence-corrected chi connectivity index (χ3v) is 5.00. The molecule has 3 aromatic carbocycles. The molecule has 0 radical (unpaired) electrons. The van der Waals surface area contributed by atoms with E-state index in [-0.39, 0.29) is 11.7 Å². The molecule has 4 aromatic rings. The van der Waals surface area contributed by atoms with Crippen LogP contribution in [0.4, 0.5) is 5.69 Å². The first-order chi connectivity index (χ1) is 15.0. The van der Waals surface area contributed by atoms with Crippen LogP contribution in [0, 0.1) is 13.8 Å². The Morgan fingerprint density at radius 2 is 1.71 bits per heavy atom. The lowest BCUT2D eigenvalue weighted by Gasteiger charge is -2.07. The number of ether oxygens (including phenoxy) is 1. The number of aromatic nitrogens is 3. The highest BCUT2D eigenvalue weighted by Crippen LogP contribution is 2.23. The first-order valence-electron chi connectivity index (χ1n) is 10.2. The van der Waals surface area contributed by atoms with E-state index in [1.807, 2.05) is 93.6 Å². The van der Waals surface area contributed by atoms with Crippen molar-refractivity contribution in [3.8, 4) is 22.8 Å². The third kappa shape index (κ3) is 4.48. The van der Waals surface area contributed by atoms with E-state index in [0.29, 0.717) is 18.1 Å². The van der Waals surface area contributed by atoms with Crippen LogP contribution < -0.4 is 10.1 Å². The van der Waals surface area contributed by atoms with Gasteiger partial charge >= 0.3 is 0 Å². The van der Waals surface area contributed by atoms with E-state index in [4.69, 9.17) is 4.74 Å². The van der Waals surface area contributed by atoms with Gasteiger partial charge in [-0.3, -0.25) is 4.79 Å². The van der Waals surface area contributed by atoms with Gasteiger partial charge in [0.15, 0.2) is 5.82 Å². The largest absolute Gasteiger partial charge is 0.494 e. The molecule has 4 rings (SSSR count). The zero-order chi connectivity index (χ0) is 21.8. The maximum atomic E-state index is 12.9. The van der Waals surface area contributed by atoms with Crippen molar-refractivity contribution in [2.75, 3.05) is 11.9 Å². The van der Waals surface area contributed by atoms with Gasteiger partial charge in [-0.25, -0.2) is 9.67 Å². The molecule has 1 amide bonds. The third-order valence-electron chi connectivity index (χ3n) is 5.00. The van der Waals surface area contributed by atoms with Crippen LogP contribution in [0.2, 0.25) is 0 Å². The molecule has 1 heterocycles. The lowest BCUT2D eigenvalue weighted by atomic mass is 10.1. The minimum absolute atomic E-state index is 0.103. The zero-order valence-corrected chi connectivity index (χ0v) is 17.8. The van der Waals surface area contributed by atoms with Crippen molar-refractivity contribution in [3.05, 3.63) is 89.7 Å². The predicted octanol–water partition coefficient (Wildman–Crippen LogP) is 5.20. The molecule has 31 heavy (non-hydrogen) atoms. The van der Waals surface area contributed by atoms with Gasteiger partial charge in [-0.15, -0.1) is 5.10 Å². The van der Waals surface area contributed by atoms with Crippen LogP contribution in [-0.2, 0) is 0 Å². The van der Waals surface area contributed by atoms with Crippen LogP contribution in [0.5, 0.6) is 5.75 Å². The number of anilines is 1. The Morgan fingerprint density at radius 3 is 2.39 bits per heavy atom. The van der Waals surface area contributed by atoms with E-state index in [2.05, 4.69) is 15.4 Å². The van der Waals surface area contributed by atoms with Gasteiger partial charge in [0, 0.05) is 11.3 Å². The summed E-state index contributed by atoms with van der Waals surface area (Å²) >= 11 is 0. The van der Waals surface area contributed by atoms with Crippen molar-refractivity contribution < 1.29 is 9.53 Å². The van der Waals surface area contributed by atoms with Gasteiger partial charge in [0.1, 0.15) is 5.75 Å². The summed E-state index contributed by atoms with van der Waals surface area (Å²) in [7, 11) is 0. The number of hydrogen-bond donors (Lipinski definition) is 1. The number of nitrogens with one attached hydrogen (secondary N) is 1. The van der Waals surface area contributed by atoms with E-state index in [1.165, 1.54) is 5.56 Å². The van der Waals surface area contributed by atoms with Crippen molar-refractivity contribution in [1.82, 2.24) is 14.8 Å². The quantitative estimate of drug-likeness (QED) is 0.472. The topological polar surface area (TPSA) is 69.0 Å². The van der Waals surface area contributed by atoms with Crippen molar-refractivity contribution >= 4 is 11.6 Å². The predicted molar refractivity (Wildman–Crippen MR) is 122 cm³/mol. The number of carbonyl (C=O) groups excluding carboxylic acids is 1. The molecule has 1 aromatic heterocycles. The zero-order valence-electron chi connectivity index (χ0n) is 17.8. The van der Waals surface area contributed by atoms with E-state index in [9.17, 15) is 4.79 Å². The fourth-order valence-electron chi connectivity index (χ4n) is 3.22. The summed E-state index contributed by atoms with van der Waals surface area (Å²) in [4.78, 5) is 17.5. The van der Waals surface area contributed by atoms with Crippen LogP contribution in [0.15, 0.2) is 72.8 Å².